The topological polar surface area (TPSA) is 87.5 Å². The summed E-state index contributed by atoms with van der Waals surface area (Å²) >= 11 is 0. The summed E-state index contributed by atoms with van der Waals surface area (Å²) in [6.45, 7) is 2.17. The lowest BCUT2D eigenvalue weighted by Gasteiger charge is -2.23. The van der Waals surface area contributed by atoms with Crippen LogP contribution in [-0.2, 0) is 19.4 Å². The average Bonchev–Trinajstić information content (AvgIpc) is 2.26. The van der Waals surface area contributed by atoms with Gasteiger partial charge in [-0.2, -0.15) is 5.26 Å². The summed E-state index contributed by atoms with van der Waals surface area (Å²) in [5.41, 5.74) is 0. The number of nitrogens with zero attached hydrogens (tertiary/aromatic N) is 2. The summed E-state index contributed by atoms with van der Waals surface area (Å²) in [4.78, 5) is 13.2. The third kappa shape index (κ3) is 5.65. The maximum absolute atomic E-state index is 11.9. The number of hydrogen-bond acceptors (Lipinski definition) is 5. The van der Waals surface area contributed by atoms with Crippen LogP contribution in [0.15, 0.2) is 0 Å². The van der Waals surface area contributed by atoms with E-state index in [4.69, 9.17) is 10.00 Å². The Morgan fingerprint density at radius 2 is 2.06 bits per heavy atom. The minimum absolute atomic E-state index is 0.173. The molecule has 1 amide bonds. The van der Waals surface area contributed by atoms with Crippen molar-refractivity contribution < 1.29 is 17.9 Å². The molecular formula is C10H18N2O4S. The van der Waals surface area contributed by atoms with Crippen LogP contribution in [-0.4, -0.2) is 57.5 Å². The van der Waals surface area contributed by atoms with Crippen LogP contribution in [0.4, 0.5) is 0 Å². The molecule has 0 rings (SSSR count). The molecule has 1 atom stereocenters. The van der Waals surface area contributed by atoms with Gasteiger partial charge in [0.05, 0.1) is 19.1 Å². The van der Waals surface area contributed by atoms with E-state index >= 15 is 0 Å². The van der Waals surface area contributed by atoms with Crippen LogP contribution in [0.1, 0.15) is 13.3 Å². The number of carbonyl (C=O) groups excluding carboxylic acids is 1. The predicted octanol–water partition coefficient (Wildman–Crippen LogP) is -0.192. The largest absolute Gasteiger partial charge is 0.383 e. The first kappa shape index (κ1) is 15.9. The van der Waals surface area contributed by atoms with E-state index in [1.165, 1.54) is 18.9 Å². The predicted molar refractivity (Wildman–Crippen MR) is 63.0 cm³/mol. The number of nitriles is 1. The first-order chi connectivity index (χ1) is 7.84. The zero-order valence-corrected chi connectivity index (χ0v) is 11.2. The highest BCUT2D eigenvalue weighted by atomic mass is 32.2. The Labute approximate surface area is 102 Å². The standard InChI is InChI=1S/C10H18N2O4S/c1-9(17(3,14)15)10(13)12(6-4-5-11)7-8-16-2/h9H,4,6-8H2,1-3H3. The Hall–Kier alpha value is -1.13. The smallest absolute Gasteiger partial charge is 0.240 e. The van der Waals surface area contributed by atoms with Crippen LogP contribution >= 0.6 is 0 Å². The van der Waals surface area contributed by atoms with E-state index in [0.29, 0.717) is 6.61 Å². The second-order valence-electron chi connectivity index (χ2n) is 3.70. The summed E-state index contributed by atoms with van der Waals surface area (Å²) in [7, 11) is -1.92. The molecule has 0 saturated carbocycles. The summed E-state index contributed by atoms with van der Waals surface area (Å²) in [6.07, 6.45) is 1.19. The Bertz CT molecular complexity index is 386. The van der Waals surface area contributed by atoms with E-state index in [9.17, 15) is 13.2 Å². The molecule has 98 valence electrons. The molecule has 6 nitrogen and oxygen atoms in total. The minimum Gasteiger partial charge on any atom is -0.383 e. The maximum atomic E-state index is 11.9. The van der Waals surface area contributed by atoms with E-state index in [1.54, 1.807) is 0 Å². The van der Waals surface area contributed by atoms with E-state index in [0.717, 1.165) is 6.26 Å². The van der Waals surface area contributed by atoms with Crippen LogP contribution in [0.2, 0.25) is 0 Å². The van der Waals surface area contributed by atoms with Gasteiger partial charge in [-0.25, -0.2) is 8.42 Å². The summed E-state index contributed by atoms with van der Waals surface area (Å²) < 4.78 is 27.4. The second-order valence-corrected chi connectivity index (χ2v) is 6.06. The summed E-state index contributed by atoms with van der Waals surface area (Å²) in [6, 6.07) is 1.92. The molecule has 0 spiro atoms. The highest BCUT2D eigenvalue weighted by Gasteiger charge is 2.27. The highest BCUT2D eigenvalue weighted by Crippen LogP contribution is 2.05. The van der Waals surface area contributed by atoms with Gasteiger partial charge < -0.3 is 9.64 Å². The van der Waals surface area contributed by atoms with Gasteiger partial charge >= 0.3 is 0 Å². The molecule has 0 saturated heterocycles. The van der Waals surface area contributed by atoms with Crippen LogP contribution in [0, 0.1) is 11.3 Å². The van der Waals surface area contributed by atoms with Crippen molar-refractivity contribution >= 4 is 15.7 Å². The average molecular weight is 262 g/mol. The Balaban J connectivity index is 4.68. The number of carbonyl (C=O) groups is 1. The van der Waals surface area contributed by atoms with E-state index in [-0.39, 0.29) is 19.5 Å². The molecule has 0 fully saturated rings. The lowest BCUT2D eigenvalue weighted by atomic mass is 10.3. The fourth-order valence-corrected chi connectivity index (χ4v) is 1.67. The zero-order chi connectivity index (χ0) is 13.5. The Morgan fingerprint density at radius 3 is 2.47 bits per heavy atom. The van der Waals surface area contributed by atoms with Crippen LogP contribution in [0.3, 0.4) is 0 Å². The Morgan fingerprint density at radius 1 is 1.47 bits per heavy atom. The first-order valence-corrected chi connectivity index (χ1v) is 7.13. The van der Waals surface area contributed by atoms with Crippen molar-refractivity contribution in [1.82, 2.24) is 4.90 Å². The van der Waals surface area contributed by atoms with Crippen molar-refractivity contribution in [2.75, 3.05) is 33.1 Å². The lowest BCUT2D eigenvalue weighted by molar-refractivity contribution is -0.131. The number of methoxy groups -OCH3 is 1. The van der Waals surface area contributed by atoms with Gasteiger partial charge in [-0.05, 0) is 6.92 Å². The molecule has 17 heavy (non-hydrogen) atoms. The third-order valence-electron chi connectivity index (χ3n) is 2.36. The van der Waals surface area contributed by atoms with Gasteiger partial charge in [-0.3, -0.25) is 4.79 Å². The quantitative estimate of drug-likeness (QED) is 0.634. The first-order valence-electron chi connectivity index (χ1n) is 5.18. The molecular weight excluding hydrogens is 244 g/mol. The van der Waals surface area contributed by atoms with Crippen molar-refractivity contribution in [3.63, 3.8) is 0 Å². The number of sulfone groups is 1. The SMILES string of the molecule is COCCN(CCC#N)C(=O)C(C)S(C)(=O)=O. The minimum atomic E-state index is -3.41. The van der Waals surface area contributed by atoms with Gasteiger partial charge in [-0.1, -0.05) is 0 Å². The normalized spacial score (nSPS) is 12.8. The fourth-order valence-electron chi connectivity index (χ4n) is 1.16. The number of hydrogen-bond donors (Lipinski definition) is 0. The molecule has 0 aromatic carbocycles. The van der Waals surface area contributed by atoms with Crippen molar-refractivity contribution in [2.24, 2.45) is 0 Å². The summed E-state index contributed by atoms with van der Waals surface area (Å²) in [5.74, 6) is -0.486. The molecule has 0 aliphatic carbocycles. The third-order valence-corrected chi connectivity index (χ3v) is 3.85. The van der Waals surface area contributed by atoms with Gasteiger partial charge in [-0.15, -0.1) is 0 Å². The molecule has 0 radical (unpaired) electrons. The number of amides is 1. The van der Waals surface area contributed by atoms with Gasteiger partial charge in [0.15, 0.2) is 9.84 Å². The highest BCUT2D eigenvalue weighted by molar-refractivity contribution is 7.92. The molecule has 1 unspecified atom stereocenters. The van der Waals surface area contributed by atoms with E-state index in [1.807, 2.05) is 6.07 Å². The van der Waals surface area contributed by atoms with Crippen LogP contribution in [0.5, 0.6) is 0 Å². The van der Waals surface area contributed by atoms with Gasteiger partial charge in [0.1, 0.15) is 5.25 Å². The molecule has 7 heteroatoms. The van der Waals surface area contributed by atoms with Gasteiger partial charge in [0.2, 0.25) is 5.91 Å². The summed E-state index contributed by atoms with van der Waals surface area (Å²) in [5, 5.41) is 7.40. The molecule has 0 aliphatic heterocycles. The second kappa shape index (κ2) is 7.25. The molecule has 0 aromatic heterocycles. The van der Waals surface area contributed by atoms with E-state index in [2.05, 4.69) is 0 Å². The van der Waals surface area contributed by atoms with Crippen molar-refractivity contribution in [3.05, 3.63) is 0 Å². The monoisotopic (exact) mass is 262 g/mol. The molecule has 0 N–H and O–H groups in total. The van der Waals surface area contributed by atoms with Crippen LogP contribution in [0.25, 0.3) is 0 Å². The zero-order valence-electron chi connectivity index (χ0n) is 10.3. The molecule has 0 bridgehead atoms. The lowest BCUT2D eigenvalue weighted by Crippen LogP contribution is -2.43. The maximum Gasteiger partial charge on any atom is 0.240 e. The molecule has 0 heterocycles. The van der Waals surface area contributed by atoms with Gasteiger partial charge in [0.25, 0.3) is 0 Å². The fraction of sp³-hybridized carbons (Fsp3) is 0.800. The van der Waals surface area contributed by atoms with Crippen molar-refractivity contribution in [3.8, 4) is 6.07 Å². The van der Waals surface area contributed by atoms with E-state index < -0.39 is 21.0 Å². The van der Waals surface area contributed by atoms with Crippen LogP contribution < -0.4 is 0 Å². The Kier molecular flexibility index (Phi) is 6.76. The van der Waals surface area contributed by atoms with Crippen molar-refractivity contribution in [1.29, 1.82) is 5.26 Å². The van der Waals surface area contributed by atoms with Crippen molar-refractivity contribution in [2.45, 2.75) is 18.6 Å². The number of rotatable bonds is 7. The molecule has 0 aliphatic rings. The molecule has 0 aromatic rings. The van der Waals surface area contributed by atoms with Gasteiger partial charge in [0, 0.05) is 26.5 Å². The number of ether oxygens (including phenoxy) is 1.